The molecule has 2 aliphatic heterocycles. The predicted octanol–water partition coefficient (Wildman–Crippen LogP) is 0.615. The lowest BCUT2D eigenvalue weighted by atomic mass is 10.1. The van der Waals surface area contributed by atoms with Gasteiger partial charge in [-0.15, -0.1) is 0 Å². The summed E-state index contributed by atoms with van der Waals surface area (Å²) in [5, 5.41) is 6.10. The molecule has 2 amide bonds. The van der Waals surface area contributed by atoms with Gasteiger partial charge in [-0.2, -0.15) is 0 Å². The van der Waals surface area contributed by atoms with Crippen LogP contribution in [0, 0.1) is 0 Å². The van der Waals surface area contributed by atoms with Crippen LogP contribution in [-0.4, -0.2) is 42.4 Å². The lowest BCUT2D eigenvalue weighted by Gasteiger charge is -2.32. The van der Waals surface area contributed by atoms with E-state index in [1.54, 1.807) is 6.07 Å². The van der Waals surface area contributed by atoms with E-state index in [9.17, 15) is 9.59 Å². The Morgan fingerprint density at radius 3 is 3.05 bits per heavy atom. The van der Waals surface area contributed by atoms with E-state index in [-0.39, 0.29) is 11.8 Å². The third-order valence-electron chi connectivity index (χ3n) is 3.64. The molecule has 0 aliphatic carbocycles. The van der Waals surface area contributed by atoms with Crippen LogP contribution in [0.15, 0.2) is 18.2 Å². The Kier molecular flexibility index (Phi) is 2.98. The minimum atomic E-state index is -0.00427. The number of anilines is 1. The van der Waals surface area contributed by atoms with Gasteiger partial charge < -0.3 is 15.5 Å². The molecular weight excluding hydrogens is 242 g/mol. The van der Waals surface area contributed by atoms with Crippen LogP contribution in [0.3, 0.4) is 0 Å². The third-order valence-corrected chi connectivity index (χ3v) is 3.64. The molecule has 0 aromatic heterocycles. The predicted molar refractivity (Wildman–Crippen MR) is 72.1 cm³/mol. The smallest absolute Gasteiger partial charge is 0.254 e. The molecule has 2 aliphatic rings. The second-order valence-electron chi connectivity index (χ2n) is 5.20. The van der Waals surface area contributed by atoms with Crippen molar-refractivity contribution in [3.63, 3.8) is 0 Å². The molecule has 5 nitrogen and oxygen atoms in total. The monoisotopic (exact) mass is 259 g/mol. The Morgan fingerprint density at radius 2 is 2.26 bits per heavy atom. The van der Waals surface area contributed by atoms with Gasteiger partial charge >= 0.3 is 0 Å². The van der Waals surface area contributed by atoms with Crippen molar-refractivity contribution >= 4 is 17.5 Å². The van der Waals surface area contributed by atoms with Gasteiger partial charge in [0.2, 0.25) is 5.91 Å². The first kappa shape index (κ1) is 12.2. The molecule has 100 valence electrons. The van der Waals surface area contributed by atoms with Crippen LogP contribution in [0.5, 0.6) is 0 Å². The molecule has 1 aromatic carbocycles. The second-order valence-corrected chi connectivity index (χ2v) is 5.20. The molecule has 1 fully saturated rings. The number of fused-ring (bicyclic) bond motifs is 1. The molecule has 1 atom stereocenters. The van der Waals surface area contributed by atoms with Crippen LogP contribution in [0.1, 0.15) is 22.8 Å². The maximum absolute atomic E-state index is 12.4. The van der Waals surface area contributed by atoms with E-state index in [1.165, 1.54) is 0 Å². The maximum Gasteiger partial charge on any atom is 0.254 e. The molecule has 0 spiro atoms. The fraction of sp³-hybridized carbons (Fsp3) is 0.429. The average Bonchev–Trinajstić information content (AvgIpc) is 2.76. The topological polar surface area (TPSA) is 61.4 Å². The van der Waals surface area contributed by atoms with Gasteiger partial charge in [0.15, 0.2) is 0 Å². The van der Waals surface area contributed by atoms with E-state index in [0.29, 0.717) is 18.0 Å². The highest BCUT2D eigenvalue weighted by Gasteiger charge is 2.24. The number of benzene rings is 1. The fourth-order valence-electron chi connectivity index (χ4n) is 2.65. The van der Waals surface area contributed by atoms with Gasteiger partial charge in [0, 0.05) is 36.9 Å². The van der Waals surface area contributed by atoms with Gasteiger partial charge in [-0.1, -0.05) is 6.07 Å². The van der Waals surface area contributed by atoms with Gasteiger partial charge in [0.05, 0.1) is 6.42 Å². The number of nitrogens with one attached hydrogen (secondary N) is 2. The highest BCUT2D eigenvalue weighted by Crippen LogP contribution is 2.24. The van der Waals surface area contributed by atoms with Crippen molar-refractivity contribution < 1.29 is 9.59 Å². The van der Waals surface area contributed by atoms with Crippen molar-refractivity contribution in [2.24, 2.45) is 0 Å². The number of hydrogen-bond acceptors (Lipinski definition) is 3. The van der Waals surface area contributed by atoms with Crippen molar-refractivity contribution in [1.29, 1.82) is 0 Å². The molecule has 1 saturated heterocycles. The first-order valence-electron chi connectivity index (χ1n) is 6.59. The first-order valence-corrected chi connectivity index (χ1v) is 6.59. The standard InChI is InChI=1S/C14H17N3O2/c1-9-8-17(5-4-15-9)14(19)11-3-2-10-7-13(18)16-12(10)6-11/h2-3,6,9,15H,4-5,7-8H2,1H3,(H,16,18). The van der Waals surface area contributed by atoms with E-state index in [4.69, 9.17) is 0 Å². The van der Waals surface area contributed by atoms with Crippen LogP contribution in [0.4, 0.5) is 5.69 Å². The zero-order valence-corrected chi connectivity index (χ0v) is 10.9. The van der Waals surface area contributed by atoms with Crippen molar-refractivity contribution in [2.75, 3.05) is 25.0 Å². The number of amides is 2. The van der Waals surface area contributed by atoms with Gasteiger partial charge in [0.25, 0.3) is 5.91 Å². The van der Waals surface area contributed by atoms with Crippen molar-refractivity contribution in [1.82, 2.24) is 10.2 Å². The minimum Gasteiger partial charge on any atom is -0.336 e. The molecule has 3 rings (SSSR count). The highest BCUT2D eigenvalue weighted by atomic mass is 16.2. The maximum atomic E-state index is 12.4. The molecular formula is C14H17N3O2. The number of carbonyl (C=O) groups excluding carboxylic acids is 2. The van der Waals surface area contributed by atoms with Gasteiger partial charge in [-0.3, -0.25) is 9.59 Å². The van der Waals surface area contributed by atoms with Gasteiger partial charge in [0.1, 0.15) is 0 Å². The lowest BCUT2D eigenvalue weighted by molar-refractivity contribution is -0.115. The molecule has 5 heteroatoms. The summed E-state index contributed by atoms with van der Waals surface area (Å²) >= 11 is 0. The number of carbonyl (C=O) groups is 2. The molecule has 19 heavy (non-hydrogen) atoms. The summed E-state index contributed by atoms with van der Waals surface area (Å²) in [7, 11) is 0. The Hall–Kier alpha value is -1.88. The first-order chi connectivity index (χ1) is 9.13. The van der Waals surface area contributed by atoms with E-state index >= 15 is 0 Å². The van der Waals surface area contributed by atoms with Crippen LogP contribution >= 0.6 is 0 Å². The minimum absolute atomic E-state index is 0.00427. The van der Waals surface area contributed by atoms with E-state index in [1.807, 2.05) is 17.0 Å². The Balaban J connectivity index is 1.81. The largest absolute Gasteiger partial charge is 0.336 e. The van der Waals surface area contributed by atoms with Crippen LogP contribution in [0.2, 0.25) is 0 Å². The molecule has 0 saturated carbocycles. The fourth-order valence-corrected chi connectivity index (χ4v) is 2.65. The Bertz CT molecular complexity index is 541. The molecule has 2 heterocycles. The van der Waals surface area contributed by atoms with Gasteiger partial charge in [-0.05, 0) is 24.6 Å². The molecule has 1 unspecified atom stereocenters. The second kappa shape index (κ2) is 4.66. The van der Waals surface area contributed by atoms with Crippen molar-refractivity contribution in [3.05, 3.63) is 29.3 Å². The number of rotatable bonds is 1. The van der Waals surface area contributed by atoms with E-state index in [2.05, 4.69) is 17.6 Å². The van der Waals surface area contributed by atoms with Crippen molar-refractivity contribution in [3.8, 4) is 0 Å². The zero-order chi connectivity index (χ0) is 13.4. The van der Waals surface area contributed by atoms with Crippen LogP contribution < -0.4 is 10.6 Å². The lowest BCUT2D eigenvalue weighted by Crippen LogP contribution is -2.51. The number of hydrogen-bond donors (Lipinski definition) is 2. The van der Waals surface area contributed by atoms with Crippen LogP contribution in [0.25, 0.3) is 0 Å². The molecule has 0 bridgehead atoms. The summed E-state index contributed by atoms with van der Waals surface area (Å²) in [5.74, 6) is 0.0349. The summed E-state index contributed by atoms with van der Waals surface area (Å²) in [6.45, 7) is 4.35. The number of nitrogens with zero attached hydrogens (tertiary/aromatic N) is 1. The SMILES string of the molecule is CC1CN(C(=O)c2ccc3c(c2)NC(=O)C3)CCN1. The van der Waals surface area contributed by atoms with Crippen LogP contribution in [-0.2, 0) is 11.2 Å². The highest BCUT2D eigenvalue weighted by molar-refractivity contribution is 6.02. The summed E-state index contributed by atoms with van der Waals surface area (Å²) in [6, 6.07) is 5.79. The number of piperazine rings is 1. The molecule has 0 radical (unpaired) electrons. The normalized spacial score (nSPS) is 22.1. The summed E-state index contributed by atoms with van der Waals surface area (Å²) in [5.41, 5.74) is 2.39. The zero-order valence-electron chi connectivity index (χ0n) is 10.9. The molecule has 1 aromatic rings. The molecule has 2 N–H and O–H groups in total. The summed E-state index contributed by atoms with van der Waals surface area (Å²) < 4.78 is 0. The van der Waals surface area contributed by atoms with Crippen molar-refractivity contribution in [2.45, 2.75) is 19.4 Å². The third kappa shape index (κ3) is 2.33. The summed E-state index contributed by atoms with van der Waals surface area (Å²) in [6.07, 6.45) is 0.411. The quantitative estimate of drug-likeness (QED) is 0.777. The Labute approximate surface area is 112 Å². The summed E-state index contributed by atoms with van der Waals surface area (Å²) in [4.78, 5) is 25.6. The Morgan fingerprint density at radius 1 is 1.42 bits per heavy atom. The van der Waals surface area contributed by atoms with E-state index < -0.39 is 0 Å². The van der Waals surface area contributed by atoms with E-state index in [0.717, 1.165) is 30.9 Å². The average molecular weight is 259 g/mol. The van der Waals surface area contributed by atoms with Gasteiger partial charge in [-0.25, -0.2) is 0 Å².